The molecule has 3 N–H and O–H groups in total. The summed E-state index contributed by atoms with van der Waals surface area (Å²) >= 11 is 0. The van der Waals surface area contributed by atoms with Crippen molar-refractivity contribution in [3.8, 4) is 5.75 Å². The maximum absolute atomic E-state index is 12.5. The summed E-state index contributed by atoms with van der Waals surface area (Å²) in [5.41, 5.74) is 6.50. The number of amides is 2. The largest absolute Gasteiger partial charge is 0.378 e. The van der Waals surface area contributed by atoms with Crippen LogP contribution >= 0.6 is 0 Å². The van der Waals surface area contributed by atoms with Gasteiger partial charge in [-0.3, -0.25) is 9.59 Å². The van der Waals surface area contributed by atoms with Gasteiger partial charge in [0.2, 0.25) is 5.91 Å². The van der Waals surface area contributed by atoms with Gasteiger partial charge in [-0.1, -0.05) is 12.1 Å². The molecular formula is C16H14N2O5S. The first-order valence-corrected chi connectivity index (χ1v) is 8.54. The van der Waals surface area contributed by atoms with Crippen molar-refractivity contribution in [1.82, 2.24) is 0 Å². The lowest BCUT2D eigenvalue weighted by molar-refractivity contribution is -0.116. The molecule has 3 rings (SSSR count). The second-order valence-electron chi connectivity index (χ2n) is 5.26. The molecule has 24 heavy (non-hydrogen) atoms. The van der Waals surface area contributed by atoms with Crippen molar-refractivity contribution in [1.29, 1.82) is 0 Å². The van der Waals surface area contributed by atoms with E-state index in [0.29, 0.717) is 24.1 Å². The first kappa shape index (κ1) is 16.0. The summed E-state index contributed by atoms with van der Waals surface area (Å²) in [6.45, 7) is 0. The highest BCUT2D eigenvalue weighted by molar-refractivity contribution is 7.87. The minimum absolute atomic E-state index is 0.0219. The van der Waals surface area contributed by atoms with Crippen LogP contribution in [0.1, 0.15) is 22.3 Å². The van der Waals surface area contributed by atoms with Gasteiger partial charge in [0.1, 0.15) is 4.90 Å². The van der Waals surface area contributed by atoms with Gasteiger partial charge in [-0.15, -0.1) is 0 Å². The molecule has 7 nitrogen and oxygen atoms in total. The Morgan fingerprint density at radius 1 is 1.12 bits per heavy atom. The minimum Gasteiger partial charge on any atom is -0.378 e. The third kappa shape index (κ3) is 3.09. The molecular weight excluding hydrogens is 332 g/mol. The number of carbonyl (C=O) groups excluding carboxylic acids is 2. The second-order valence-corrected chi connectivity index (χ2v) is 6.81. The Labute approximate surface area is 138 Å². The SMILES string of the molecule is NC(=O)c1ccccc1OS(=O)(=O)c1ccc2c(c1)CCC(=O)N2. The van der Waals surface area contributed by atoms with Crippen molar-refractivity contribution in [2.45, 2.75) is 17.7 Å². The Balaban J connectivity index is 1.95. The number of benzene rings is 2. The molecule has 0 saturated carbocycles. The molecule has 1 heterocycles. The molecule has 2 aromatic rings. The third-order valence-corrected chi connectivity index (χ3v) is 4.84. The number of aryl methyl sites for hydroxylation is 1. The Hall–Kier alpha value is -2.87. The number of primary amides is 1. The molecule has 0 bridgehead atoms. The van der Waals surface area contributed by atoms with Gasteiger partial charge < -0.3 is 15.2 Å². The molecule has 2 aromatic carbocycles. The maximum Gasteiger partial charge on any atom is 0.339 e. The Bertz CT molecular complexity index is 937. The van der Waals surface area contributed by atoms with E-state index in [-0.39, 0.29) is 22.1 Å². The first-order chi connectivity index (χ1) is 11.4. The van der Waals surface area contributed by atoms with Gasteiger partial charge in [0.25, 0.3) is 5.91 Å². The highest BCUT2D eigenvalue weighted by atomic mass is 32.2. The second kappa shape index (κ2) is 5.97. The summed E-state index contributed by atoms with van der Waals surface area (Å²) in [4.78, 5) is 22.7. The van der Waals surface area contributed by atoms with Crippen molar-refractivity contribution in [3.63, 3.8) is 0 Å². The molecule has 0 fully saturated rings. The minimum atomic E-state index is -4.14. The standard InChI is InChI=1S/C16H14N2O5S/c17-16(20)12-3-1-2-4-14(12)23-24(21,22)11-6-7-13-10(9-11)5-8-15(19)18-13/h1-4,6-7,9H,5,8H2,(H2,17,20)(H,18,19). The summed E-state index contributed by atoms with van der Waals surface area (Å²) in [6, 6.07) is 10.2. The first-order valence-electron chi connectivity index (χ1n) is 7.13. The fraction of sp³-hybridized carbons (Fsp3) is 0.125. The summed E-state index contributed by atoms with van der Waals surface area (Å²) in [5.74, 6) is -1.02. The van der Waals surface area contributed by atoms with E-state index < -0.39 is 16.0 Å². The average Bonchev–Trinajstić information content (AvgIpc) is 2.54. The van der Waals surface area contributed by atoms with Gasteiger partial charge >= 0.3 is 10.1 Å². The highest BCUT2D eigenvalue weighted by Crippen LogP contribution is 2.28. The zero-order chi connectivity index (χ0) is 17.3. The van der Waals surface area contributed by atoms with Gasteiger partial charge in [-0.25, -0.2) is 0 Å². The molecule has 1 aliphatic heterocycles. The molecule has 0 atom stereocenters. The van der Waals surface area contributed by atoms with Gasteiger partial charge in [0.05, 0.1) is 5.56 Å². The van der Waals surface area contributed by atoms with E-state index in [2.05, 4.69) is 5.32 Å². The zero-order valence-corrected chi connectivity index (χ0v) is 13.3. The van der Waals surface area contributed by atoms with Crippen LogP contribution in [0.15, 0.2) is 47.4 Å². The summed E-state index contributed by atoms with van der Waals surface area (Å²) in [6.07, 6.45) is 0.740. The predicted molar refractivity (Wildman–Crippen MR) is 86.2 cm³/mol. The molecule has 8 heteroatoms. The Kier molecular flexibility index (Phi) is 3.98. The molecule has 124 valence electrons. The van der Waals surface area contributed by atoms with Gasteiger partial charge in [-0.05, 0) is 42.3 Å². The average molecular weight is 346 g/mol. The summed E-state index contributed by atoms with van der Waals surface area (Å²) in [7, 11) is -4.14. The van der Waals surface area contributed by atoms with E-state index in [1.54, 1.807) is 12.1 Å². The normalized spacial score (nSPS) is 13.8. The van der Waals surface area contributed by atoms with Gasteiger partial charge in [-0.2, -0.15) is 8.42 Å². The third-order valence-electron chi connectivity index (χ3n) is 3.61. The van der Waals surface area contributed by atoms with Crippen LogP contribution in [0, 0.1) is 0 Å². The van der Waals surface area contributed by atoms with E-state index in [1.807, 2.05) is 0 Å². The Morgan fingerprint density at radius 3 is 2.62 bits per heavy atom. The van der Waals surface area contributed by atoms with E-state index >= 15 is 0 Å². The van der Waals surface area contributed by atoms with Gasteiger partial charge in [0, 0.05) is 12.1 Å². The van der Waals surface area contributed by atoms with Crippen molar-refractivity contribution >= 4 is 27.6 Å². The zero-order valence-electron chi connectivity index (χ0n) is 12.5. The number of carbonyl (C=O) groups is 2. The molecule has 0 spiro atoms. The maximum atomic E-state index is 12.5. The smallest absolute Gasteiger partial charge is 0.339 e. The van der Waals surface area contributed by atoms with Crippen LogP contribution in [0.5, 0.6) is 5.75 Å². The van der Waals surface area contributed by atoms with Crippen LogP contribution in [-0.2, 0) is 21.3 Å². The summed E-state index contributed by atoms with van der Waals surface area (Å²) < 4.78 is 30.0. The summed E-state index contributed by atoms with van der Waals surface area (Å²) in [5, 5.41) is 2.68. The van der Waals surface area contributed by atoms with Crippen LogP contribution < -0.4 is 15.2 Å². The van der Waals surface area contributed by atoms with E-state index in [0.717, 1.165) is 0 Å². The van der Waals surface area contributed by atoms with Crippen LogP contribution in [0.2, 0.25) is 0 Å². The highest BCUT2D eigenvalue weighted by Gasteiger charge is 2.23. The lowest BCUT2D eigenvalue weighted by Crippen LogP contribution is -2.20. The topological polar surface area (TPSA) is 116 Å². The van der Waals surface area contributed by atoms with E-state index in [1.165, 1.54) is 30.3 Å². The molecule has 0 unspecified atom stereocenters. The van der Waals surface area contributed by atoms with Crippen LogP contribution in [-0.4, -0.2) is 20.2 Å². The number of rotatable bonds is 4. The van der Waals surface area contributed by atoms with Gasteiger partial charge in [0.15, 0.2) is 5.75 Å². The van der Waals surface area contributed by atoms with Crippen LogP contribution in [0.25, 0.3) is 0 Å². The molecule has 0 aromatic heterocycles. The molecule has 0 radical (unpaired) electrons. The fourth-order valence-electron chi connectivity index (χ4n) is 2.42. The van der Waals surface area contributed by atoms with Crippen LogP contribution in [0.4, 0.5) is 5.69 Å². The number of anilines is 1. The van der Waals surface area contributed by atoms with Crippen molar-refractivity contribution in [2.24, 2.45) is 5.73 Å². The van der Waals surface area contributed by atoms with Crippen molar-refractivity contribution in [2.75, 3.05) is 5.32 Å². The lowest BCUT2D eigenvalue weighted by Gasteiger charge is -2.17. The number of nitrogens with two attached hydrogens (primary N) is 1. The Morgan fingerprint density at radius 2 is 1.88 bits per heavy atom. The molecule has 0 aliphatic carbocycles. The van der Waals surface area contributed by atoms with E-state index in [9.17, 15) is 18.0 Å². The number of nitrogens with one attached hydrogen (secondary N) is 1. The quantitative estimate of drug-likeness (QED) is 0.813. The number of hydrogen-bond acceptors (Lipinski definition) is 5. The lowest BCUT2D eigenvalue weighted by atomic mass is 10.0. The molecule has 0 saturated heterocycles. The van der Waals surface area contributed by atoms with Crippen molar-refractivity contribution < 1.29 is 22.2 Å². The van der Waals surface area contributed by atoms with E-state index in [4.69, 9.17) is 9.92 Å². The predicted octanol–water partition coefficient (Wildman–Crippen LogP) is 1.44. The monoisotopic (exact) mass is 346 g/mol. The number of fused-ring (bicyclic) bond motifs is 1. The molecule has 2 amide bonds. The number of para-hydroxylation sites is 1. The fourth-order valence-corrected chi connectivity index (χ4v) is 3.42. The molecule has 1 aliphatic rings. The van der Waals surface area contributed by atoms with Crippen molar-refractivity contribution in [3.05, 3.63) is 53.6 Å². The van der Waals surface area contributed by atoms with Crippen LogP contribution in [0.3, 0.4) is 0 Å². The number of hydrogen-bond donors (Lipinski definition) is 2.